The second kappa shape index (κ2) is 12.4. The van der Waals surface area contributed by atoms with Gasteiger partial charge in [-0.15, -0.1) is 0 Å². The maximum absolute atomic E-state index is 13.5. The zero-order chi connectivity index (χ0) is 33.5. The van der Waals surface area contributed by atoms with Gasteiger partial charge in [-0.3, -0.25) is 4.55 Å². The molecule has 0 amide bonds. The lowest BCUT2D eigenvalue weighted by Crippen LogP contribution is -2.45. The molecule has 46 heavy (non-hydrogen) atoms. The third-order valence-electron chi connectivity index (χ3n) is 8.53. The summed E-state index contributed by atoms with van der Waals surface area (Å²) < 4.78 is 43.5. The van der Waals surface area contributed by atoms with Crippen molar-refractivity contribution in [1.82, 2.24) is 0 Å². The number of methoxy groups -OCH3 is 1. The molecule has 5 aromatic rings. The Morgan fingerprint density at radius 3 is 2.30 bits per heavy atom. The fourth-order valence-corrected chi connectivity index (χ4v) is 7.24. The average molecular weight is 640 g/mol. The fourth-order valence-electron chi connectivity index (χ4n) is 6.21. The first-order chi connectivity index (χ1) is 21.8. The minimum Gasteiger partial charge on any atom is -0.545 e. The molecule has 1 aromatic heterocycles. The molecule has 0 radical (unpaired) electrons. The summed E-state index contributed by atoms with van der Waals surface area (Å²) in [6.45, 7) is 9.10. The number of hydrogen-bond acceptors (Lipinski definition) is 6. The number of carboxylic acids is 2. The van der Waals surface area contributed by atoms with E-state index in [-0.39, 0.29) is 28.5 Å². The summed E-state index contributed by atoms with van der Waals surface area (Å²) in [4.78, 5) is 25.3. The van der Waals surface area contributed by atoms with Crippen molar-refractivity contribution in [2.75, 3.05) is 7.11 Å². The summed E-state index contributed by atoms with van der Waals surface area (Å²) in [7, 11) is -3.16. The summed E-state index contributed by atoms with van der Waals surface area (Å²) in [6, 6.07) is 18.6. The van der Waals surface area contributed by atoms with Crippen LogP contribution in [-0.2, 0) is 10.1 Å². The van der Waals surface area contributed by atoms with Gasteiger partial charge in [-0.2, -0.15) is 13.0 Å². The second-order valence-corrected chi connectivity index (χ2v) is 12.7. The SMILES string of the molecule is C=Cc1ccc(OC)cc1-c1cc2c(cc3ccccc3[n+]2C(CCC)S(=O)(=O)O)c(C(=O)O)c1-c1ccc(C(=O)[O-])c(C)c1C. The molecule has 0 saturated carbocycles. The number of aromatic nitrogens is 1. The zero-order valence-corrected chi connectivity index (χ0v) is 26.6. The normalized spacial score (nSPS) is 12.3. The Labute approximate surface area is 266 Å². The number of para-hydroxylation sites is 1. The number of carbonyl (C=O) groups excluding carboxylic acids is 1. The average Bonchev–Trinajstić information content (AvgIpc) is 3.02. The molecule has 236 valence electrons. The molecule has 0 aliphatic carbocycles. The van der Waals surface area contributed by atoms with Gasteiger partial charge in [0, 0.05) is 35.1 Å². The summed E-state index contributed by atoms with van der Waals surface area (Å²) >= 11 is 0. The summed E-state index contributed by atoms with van der Waals surface area (Å²) in [5, 5.41) is 22.2. The van der Waals surface area contributed by atoms with Crippen molar-refractivity contribution in [3.05, 3.63) is 101 Å². The number of benzene rings is 4. The van der Waals surface area contributed by atoms with Crippen LogP contribution in [-0.4, -0.2) is 37.1 Å². The van der Waals surface area contributed by atoms with Crippen molar-refractivity contribution >= 4 is 49.9 Å². The smallest absolute Gasteiger partial charge is 0.337 e. The molecule has 2 N–H and O–H groups in total. The van der Waals surface area contributed by atoms with Gasteiger partial charge in [0.05, 0.1) is 24.0 Å². The van der Waals surface area contributed by atoms with Crippen LogP contribution in [0.1, 0.15) is 62.5 Å². The van der Waals surface area contributed by atoms with Crippen molar-refractivity contribution < 1.29 is 42.1 Å². The number of carbonyl (C=O) groups is 2. The number of rotatable bonds is 10. The highest BCUT2D eigenvalue weighted by Gasteiger charge is 2.37. The molecule has 0 saturated heterocycles. The van der Waals surface area contributed by atoms with E-state index in [9.17, 15) is 32.8 Å². The molecule has 1 heterocycles. The number of aromatic carboxylic acids is 2. The first-order valence-corrected chi connectivity index (χ1v) is 16.1. The summed E-state index contributed by atoms with van der Waals surface area (Å²) in [5.74, 6) is -2.16. The molecule has 1 unspecified atom stereocenters. The maximum Gasteiger partial charge on any atom is 0.337 e. The highest BCUT2D eigenvalue weighted by atomic mass is 32.2. The van der Waals surface area contributed by atoms with Crippen LogP contribution in [0.25, 0.3) is 50.1 Å². The van der Waals surface area contributed by atoms with Gasteiger partial charge in [0.2, 0.25) is 11.0 Å². The maximum atomic E-state index is 13.5. The summed E-state index contributed by atoms with van der Waals surface area (Å²) in [6.07, 6.45) is 2.10. The predicted molar refractivity (Wildman–Crippen MR) is 175 cm³/mol. The second-order valence-electron chi connectivity index (χ2n) is 11.1. The minimum atomic E-state index is -4.67. The molecule has 4 aromatic carbocycles. The quantitative estimate of drug-likeness (QED) is 0.105. The van der Waals surface area contributed by atoms with Crippen LogP contribution in [0, 0.1) is 13.8 Å². The standard InChI is InChI=1S/C36H33NO8S/c1-6-10-32(46(42,43)44)37-30-12-9-8-11-23(30)17-29-31(37)19-28(27-18-24(45-5)14-13-22(27)7-2)33(34(29)36(40)41)25-15-16-26(35(38)39)21(4)20(25)3/h7-9,11-19,32H,2,6,10H2,1,3-5H3,(H2-,38,39,40,41,42,43,44). The lowest BCUT2D eigenvalue weighted by molar-refractivity contribution is -0.651. The molecular weight excluding hydrogens is 606 g/mol. The Kier molecular flexibility index (Phi) is 8.70. The Morgan fingerprint density at radius 2 is 1.70 bits per heavy atom. The first-order valence-electron chi connectivity index (χ1n) is 14.6. The van der Waals surface area contributed by atoms with Gasteiger partial charge in [-0.1, -0.05) is 49.9 Å². The molecule has 0 fully saturated rings. The molecule has 0 spiro atoms. The van der Waals surface area contributed by atoms with Crippen molar-refractivity contribution in [3.8, 4) is 28.0 Å². The molecule has 5 rings (SSSR count). The van der Waals surface area contributed by atoms with Crippen LogP contribution in [0.3, 0.4) is 0 Å². The van der Waals surface area contributed by atoms with E-state index in [4.69, 9.17) is 4.74 Å². The lowest BCUT2D eigenvalue weighted by Gasteiger charge is -2.22. The number of carboxylic acid groups (broad SMARTS) is 2. The molecule has 10 heteroatoms. The third-order valence-corrected chi connectivity index (χ3v) is 9.66. The highest BCUT2D eigenvalue weighted by Crippen LogP contribution is 2.44. The van der Waals surface area contributed by atoms with E-state index in [0.717, 1.165) is 0 Å². The third kappa shape index (κ3) is 5.50. The van der Waals surface area contributed by atoms with Gasteiger partial charge in [0.15, 0.2) is 0 Å². The molecule has 9 nitrogen and oxygen atoms in total. The topological polar surface area (TPSA) is 145 Å². The van der Waals surface area contributed by atoms with E-state index >= 15 is 0 Å². The Hall–Kier alpha value is -5.06. The van der Waals surface area contributed by atoms with Gasteiger partial charge in [-0.05, 0) is 77.9 Å². The Morgan fingerprint density at radius 1 is 0.978 bits per heavy atom. The Bertz CT molecular complexity index is 2190. The number of ether oxygens (including phenoxy) is 1. The van der Waals surface area contributed by atoms with Crippen molar-refractivity contribution in [2.45, 2.75) is 39.0 Å². The van der Waals surface area contributed by atoms with Gasteiger partial charge in [-0.25, -0.2) is 4.79 Å². The van der Waals surface area contributed by atoms with Crippen LogP contribution in [0.2, 0.25) is 0 Å². The number of fused-ring (bicyclic) bond motifs is 2. The van der Waals surface area contributed by atoms with Gasteiger partial charge < -0.3 is 19.7 Å². The van der Waals surface area contributed by atoms with E-state index in [0.29, 0.717) is 62.0 Å². The first kappa shape index (κ1) is 32.3. The molecule has 1 atom stereocenters. The zero-order valence-electron chi connectivity index (χ0n) is 25.8. The molecule has 0 bridgehead atoms. The van der Waals surface area contributed by atoms with Crippen LogP contribution >= 0.6 is 0 Å². The molecule has 0 aliphatic rings. The summed E-state index contributed by atoms with van der Waals surface area (Å²) in [5.41, 5.74) is 3.92. The van der Waals surface area contributed by atoms with E-state index in [1.54, 1.807) is 87.5 Å². The van der Waals surface area contributed by atoms with Crippen LogP contribution in [0.5, 0.6) is 5.75 Å². The van der Waals surface area contributed by atoms with Crippen molar-refractivity contribution in [3.63, 3.8) is 0 Å². The molecule has 0 aliphatic heterocycles. The van der Waals surface area contributed by atoms with E-state index in [1.807, 2.05) is 0 Å². The van der Waals surface area contributed by atoms with E-state index in [2.05, 4.69) is 6.58 Å². The number of nitrogens with zero attached hydrogens (tertiary/aromatic N) is 1. The minimum absolute atomic E-state index is 0.0204. The largest absolute Gasteiger partial charge is 0.545 e. The highest BCUT2D eigenvalue weighted by molar-refractivity contribution is 7.85. The number of pyridine rings is 1. The van der Waals surface area contributed by atoms with Crippen molar-refractivity contribution in [1.29, 1.82) is 0 Å². The van der Waals surface area contributed by atoms with Gasteiger partial charge in [0.25, 0.3) is 5.37 Å². The lowest BCUT2D eigenvalue weighted by atomic mass is 9.83. The predicted octanol–water partition coefficient (Wildman–Crippen LogP) is 6.13. The number of hydrogen-bond donors (Lipinski definition) is 2. The van der Waals surface area contributed by atoms with E-state index < -0.39 is 27.4 Å². The monoisotopic (exact) mass is 639 g/mol. The van der Waals surface area contributed by atoms with Gasteiger partial charge >= 0.3 is 16.1 Å². The van der Waals surface area contributed by atoms with E-state index in [1.165, 1.54) is 17.7 Å². The van der Waals surface area contributed by atoms with Crippen molar-refractivity contribution in [2.24, 2.45) is 0 Å². The van der Waals surface area contributed by atoms with Crippen LogP contribution in [0.4, 0.5) is 0 Å². The molecular formula is C36H33NO8S. The van der Waals surface area contributed by atoms with Gasteiger partial charge in [0.1, 0.15) is 5.75 Å². The van der Waals surface area contributed by atoms with Crippen LogP contribution in [0.15, 0.2) is 73.3 Å². The van der Waals surface area contributed by atoms with Crippen LogP contribution < -0.4 is 14.4 Å². The Balaban J connectivity index is 2.13. The fraction of sp³-hybridized carbons (Fsp3) is 0.194.